The molecule has 1 aromatic heterocycles. The summed E-state index contributed by atoms with van der Waals surface area (Å²) in [5.74, 6) is 0. The van der Waals surface area contributed by atoms with Crippen LogP contribution < -0.4 is 10.0 Å². The maximum absolute atomic E-state index is 12.0. The maximum Gasteiger partial charge on any atom is 0.328 e. The number of sulfonamides is 1. The highest BCUT2D eigenvalue weighted by Crippen LogP contribution is 2.12. The van der Waals surface area contributed by atoms with Gasteiger partial charge in [-0.1, -0.05) is 17.7 Å². The number of carbonyl (C=O) groups excluding carboxylic acids is 1. The van der Waals surface area contributed by atoms with E-state index in [1.54, 1.807) is 17.6 Å². The first-order chi connectivity index (χ1) is 10.4. The topological polar surface area (TPSA) is 88.2 Å². The number of amides is 2. The summed E-state index contributed by atoms with van der Waals surface area (Å²) in [6, 6.07) is 5.55. The summed E-state index contributed by atoms with van der Waals surface area (Å²) in [7, 11) is -3.84. The van der Waals surface area contributed by atoms with Crippen LogP contribution in [0, 0.1) is 13.8 Å². The molecule has 0 fully saturated rings. The summed E-state index contributed by atoms with van der Waals surface area (Å²) >= 11 is 1.51. The highest BCUT2D eigenvalue weighted by Gasteiger charge is 2.17. The molecule has 0 saturated heterocycles. The number of urea groups is 1. The first kappa shape index (κ1) is 16.4. The number of rotatable bonds is 5. The molecule has 0 saturated carbocycles. The van der Waals surface area contributed by atoms with Gasteiger partial charge in [-0.25, -0.2) is 22.9 Å². The Hall–Kier alpha value is -1.93. The molecule has 0 unspecified atom stereocenters. The van der Waals surface area contributed by atoms with Gasteiger partial charge < -0.3 is 5.32 Å². The van der Waals surface area contributed by atoms with Gasteiger partial charge in [0.1, 0.15) is 0 Å². The van der Waals surface area contributed by atoms with Crippen molar-refractivity contribution in [3.63, 3.8) is 0 Å². The number of hydrogen-bond donors (Lipinski definition) is 2. The molecular formula is C14H17N3O3S2. The Bertz CT molecular complexity index is 752. The van der Waals surface area contributed by atoms with E-state index in [-0.39, 0.29) is 4.90 Å². The van der Waals surface area contributed by atoms with Gasteiger partial charge in [0.25, 0.3) is 10.0 Å². The first-order valence-corrected chi connectivity index (χ1v) is 9.01. The summed E-state index contributed by atoms with van der Waals surface area (Å²) < 4.78 is 26.0. The average molecular weight is 339 g/mol. The lowest BCUT2D eigenvalue weighted by molar-refractivity contribution is 0.246. The van der Waals surface area contributed by atoms with Crippen molar-refractivity contribution in [3.05, 3.63) is 45.9 Å². The summed E-state index contributed by atoms with van der Waals surface area (Å²) in [5.41, 5.74) is 3.62. The lowest BCUT2D eigenvalue weighted by Crippen LogP contribution is -2.40. The lowest BCUT2D eigenvalue weighted by atomic mass is 10.2. The molecule has 0 atom stereocenters. The van der Waals surface area contributed by atoms with Gasteiger partial charge in [0.2, 0.25) is 0 Å². The minimum Gasteiger partial charge on any atom is -0.337 e. The molecule has 1 aromatic carbocycles. The molecule has 0 aliphatic rings. The van der Waals surface area contributed by atoms with E-state index in [0.717, 1.165) is 16.1 Å². The minimum atomic E-state index is -3.84. The SMILES string of the molecule is Cc1ccc(S(=O)(=O)NC(=O)NCCc2scnc2C)cc1. The summed E-state index contributed by atoms with van der Waals surface area (Å²) in [6.45, 7) is 4.10. The predicted octanol–water partition coefficient (Wildman–Crippen LogP) is 1.99. The van der Waals surface area contributed by atoms with Crippen LogP contribution in [0.5, 0.6) is 0 Å². The minimum absolute atomic E-state index is 0.0616. The van der Waals surface area contributed by atoms with Gasteiger partial charge in [-0.2, -0.15) is 0 Å². The van der Waals surface area contributed by atoms with Crippen molar-refractivity contribution < 1.29 is 13.2 Å². The lowest BCUT2D eigenvalue weighted by Gasteiger charge is -2.08. The van der Waals surface area contributed by atoms with Crippen molar-refractivity contribution in [1.29, 1.82) is 0 Å². The number of hydrogen-bond acceptors (Lipinski definition) is 5. The summed E-state index contributed by atoms with van der Waals surface area (Å²) in [4.78, 5) is 16.9. The van der Waals surface area contributed by atoms with E-state index in [9.17, 15) is 13.2 Å². The molecule has 0 aliphatic heterocycles. The van der Waals surface area contributed by atoms with E-state index in [1.165, 1.54) is 23.5 Å². The second-order valence-corrected chi connectivity index (χ2v) is 7.41. The molecule has 2 rings (SSSR count). The zero-order chi connectivity index (χ0) is 16.2. The van der Waals surface area contributed by atoms with Crippen LogP contribution in [0.1, 0.15) is 16.1 Å². The third-order valence-electron chi connectivity index (χ3n) is 3.04. The standard InChI is InChI=1S/C14H17N3O3S2/c1-10-3-5-12(6-4-10)22(19,20)17-14(18)15-8-7-13-11(2)16-9-21-13/h3-6,9H,7-8H2,1-2H3,(H2,15,17,18). The first-order valence-electron chi connectivity index (χ1n) is 6.65. The van der Waals surface area contributed by atoms with Gasteiger partial charge in [-0.15, -0.1) is 11.3 Å². The predicted molar refractivity (Wildman–Crippen MR) is 85.5 cm³/mol. The molecule has 0 aliphatic carbocycles. The molecule has 0 bridgehead atoms. The molecule has 6 nitrogen and oxygen atoms in total. The van der Waals surface area contributed by atoms with Crippen LogP contribution in [0.4, 0.5) is 4.79 Å². The number of carbonyl (C=O) groups is 1. The van der Waals surface area contributed by atoms with Gasteiger partial charge in [0.05, 0.1) is 16.1 Å². The van der Waals surface area contributed by atoms with Gasteiger partial charge in [0, 0.05) is 17.8 Å². The number of aromatic nitrogens is 1. The Morgan fingerprint density at radius 1 is 1.23 bits per heavy atom. The third kappa shape index (κ3) is 4.28. The molecule has 1 heterocycles. The Morgan fingerprint density at radius 2 is 1.91 bits per heavy atom. The summed E-state index contributed by atoms with van der Waals surface area (Å²) in [5, 5.41) is 2.54. The molecule has 2 N–H and O–H groups in total. The van der Waals surface area contributed by atoms with Crippen LogP contribution in [-0.2, 0) is 16.4 Å². The zero-order valence-corrected chi connectivity index (χ0v) is 13.9. The van der Waals surface area contributed by atoms with E-state index in [1.807, 2.05) is 18.6 Å². The Kier molecular flexibility index (Phi) is 5.15. The van der Waals surface area contributed by atoms with Crippen LogP contribution in [0.15, 0.2) is 34.7 Å². The summed E-state index contributed by atoms with van der Waals surface area (Å²) in [6.07, 6.45) is 0.620. The molecular weight excluding hydrogens is 322 g/mol. The fourth-order valence-electron chi connectivity index (χ4n) is 1.79. The number of nitrogens with one attached hydrogen (secondary N) is 2. The monoisotopic (exact) mass is 339 g/mol. The molecule has 118 valence electrons. The van der Waals surface area contributed by atoms with E-state index in [0.29, 0.717) is 13.0 Å². The smallest absolute Gasteiger partial charge is 0.328 e. The average Bonchev–Trinajstić information content (AvgIpc) is 2.84. The molecule has 8 heteroatoms. The van der Waals surface area contributed by atoms with Crippen molar-refractivity contribution in [2.45, 2.75) is 25.2 Å². The molecule has 0 spiro atoms. The number of aryl methyl sites for hydroxylation is 2. The largest absolute Gasteiger partial charge is 0.337 e. The van der Waals surface area contributed by atoms with Gasteiger partial charge in [-0.3, -0.25) is 0 Å². The highest BCUT2D eigenvalue weighted by atomic mass is 32.2. The van der Waals surface area contributed by atoms with Crippen LogP contribution in [0.25, 0.3) is 0 Å². The van der Waals surface area contributed by atoms with Crippen molar-refractivity contribution in [1.82, 2.24) is 15.0 Å². The van der Waals surface area contributed by atoms with Crippen LogP contribution in [0.3, 0.4) is 0 Å². The fraction of sp³-hybridized carbons (Fsp3) is 0.286. The normalized spacial score (nSPS) is 11.2. The van der Waals surface area contributed by atoms with Gasteiger partial charge >= 0.3 is 6.03 Å². The van der Waals surface area contributed by atoms with Crippen LogP contribution in [0.2, 0.25) is 0 Å². The highest BCUT2D eigenvalue weighted by molar-refractivity contribution is 7.90. The van der Waals surface area contributed by atoms with E-state index in [2.05, 4.69) is 10.3 Å². The number of nitrogens with zero attached hydrogens (tertiary/aromatic N) is 1. The number of thiazole rings is 1. The van der Waals surface area contributed by atoms with Crippen molar-refractivity contribution >= 4 is 27.4 Å². The zero-order valence-electron chi connectivity index (χ0n) is 12.3. The maximum atomic E-state index is 12.0. The van der Waals surface area contributed by atoms with E-state index >= 15 is 0 Å². The Balaban J connectivity index is 1.88. The molecule has 2 amide bonds. The van der Waals surface area contributed by atoms with Crippen LogP contribution >= 0.6 is 11.3 Å². The van der Waals surface area contributed by atoms with Crippen molar-refractivity contribution in [2.75, 3.05) is 6.54 Å². The van der Waals surface area contributed by atoms with Crippen molar-refractivity contribution in [2.24, 2.45) is 0 Å². The molecule has 22 heavy (non-hydrogen) atoms. The Labute approximate surface area is 133 Å². The van der Waals surface area contributed by atoms with E-state index in [4.69, 9.17) is 0 Å². The van der Waals surface area contributed by atoms with Gasteiger partial charge in [-0.05, 0) is 26.0 Å². The third-order valence-corrected chi connectivity index (χ3v) is 5.38. The number of benzene rings is 1. The molecule has 0 radical (unpaired) electrons. The second kappa shape index (κ2) is 6.89. The Morgan fingerprint density at radius 3 is 2.50 bits per heavy atom. The molecule has 2 aromatic rings. The second-order valence-electron chi connectivity index (χ2n) is 4.79. The van der Waals surface area contributed by atoms with Gasteiger partial charge in [0.15, 0.2) is 0 Å². The quantitative estimate of drug-likeness (QED) is 0.872. The van der Waals surface area contributed by atoms with Crippen LogP contribution in [-0.4, -0.2) is 26.0 Å². The fourth-order valence-corrected chi connectivity index (χ4v) is 3.50. The van der Waals surface area contributed by atoms with Crippen molar-refractivity contribution in [3.8, 4) is 0 Å². The van der Waals surface area contributed by atoms with E-state index < -0.39 is 16.1 Å².